The van der Waals surface area contributed by atoms with E-state index in [0.717, 1.165) is 86.6 Å². The van der Waals surface area contributed by atoms with Crippen LogP contribution in [0.2, 0.25) is 0 Å². The Labute approximate surface area is 327 Å². The largest absolute Gasteiger partial charge is 0.420 e. The lowest BCUT2D eigenvalue weighted by atomic mass is 9.88. The van der Waals surface area contributed by atoms with Crippen molar-refractivity contribution in [1.82, 2.24) is 15.1 Å². The van der Waals surface area contributed by atoms with Crippen LogP contribution in [0, 0.1) is 23.1 Å². The maximum absolute atomic E-state index is 15.0. The van der Waals surface area contributed by atoms with Crippen molar-refractivity contribution in [1.29, 1.82) is 5.26 Å². The molecule has 0 aliphatic carbocycles. The van der Waals surface area contributed by atoms with Crippen LogP contribution in [0.4, 0.5) is 34.6 Å². The first-order valence-corrected chi connectivity index (χ1v) is 19.6. The Morgan fingerprint density at radius 2 is 1.35 bits per heavy atom. The zero-order chi connectivity index (χ0) is 40.0. The standard InChI is InChI=1S/C42H43F4N7O4/c43-38-34(8-3-29(24-47)37(38)42(44,45)46)52-17-13-28(14-18-52)27-1-4-30(5-2-27)50-15-11-26(12-16-50)25-49-19-21-51(22-20-49)31-6-7-32-33(23-31)41(57)53(40(32)56)35-9-10-36(54)48-39(35)55/h1-8,23,26,28,35H,9-22,25H2,(H,48,54,55). The van der Waals surface area contributed by atoms with E-state index in [2.05, 4.69) is 44.3 Å². The molecule has 0 bridgehead atoms. The summed E-state index contributed by atoms with van der Waals surface area (Å²) in [7, 11) is 0. The van der Waals surface area contributed by atoms with E-state index >= 15 is 4.39 Å². The maximum Gasteiger partial charge on any atom is 0.420 e. The average molecular weight is 786 g/mol. The molecule has 1 unspecified atom stereocenters. The third kappa shape index (κ3) is 7.55. The first-order chi connectivity index (χ1) is 27.4. The average Bonchev–Trinajstić information content (AvgIpc) is 3.45. The number of rotatable bonds is 7. The van der Waals surface area contributed by atoms with Crippen molar-refractivity contribution in [2.45, 2.75) is 56.7 Å². The van der Waals surface area contributed by atoms with E-state index in [4.69, 9.17) is 5.26 Å². The van der Waals surface area contributed by atoms with Crippen LogP contribution in [0.1, 0.15) is 81.8 Å². The van der Waals surface area contributed by atoms with Gasteiger partial charge in [-0.25, -0.2) is 4.39 Å². The number of carbonyl (C=O) groups excluding carboxylic acids is 4. The van der Waals surface area contributed by atoms with Gasteiger partial charge in [-0.1, -0.05) is 12.1 Å². The van der Waals surface area contributed by atoms with Gasteiger partial charge in [-0.3, -0.25) is 34.3 Å². The zero-order valence-electron chi connectivity index (χ0n) is 31.4. The van der Waals surface area contributed by atoms with Crippen molar-refractivity contribution in [3.63, 3.8) is 0 Å². The van der Waals surface area contributed by atoms with Crippen molar-refractivity contribution >= 4 is 40.7 Å². The highest BCUT2D eigenvalue weighted by atomic mass is 19.4. The molecule has 5 aliphatic heterocycles. The summed E-state index contributed by atoms with van der Waals surface area (Å²) in [5.41, 5.74) is 1.44. The minimum Gasteiger partial charge on any atom is -0.372 e. The molecule has 11 nitrogen and oxygen atoms in total. The minimum absolute atomic E-state index is 0.0792. The number of alkyl halides is 3. The van der Waals surface area contributed by atoms with E-state index in [-0.39, 0.29) is 30.0 Å². The topological polar surface area (TPSA) is 120 Å². The number of nitrogens with one attached hydrogen (secondary N) is 1. The molecule has 4 amide bonds. The molecule has 0 aromatic heterocycles. The summed E-state index contributed by atoms with van der Waals surface area (Å²) in [6.45, 7) is 7.08. The molecule has 8 rings (SSSR count). The summed E-state index contributed by atoms with van der Waals surface area (Å²) in [5, 5.41) is 11.3. The molecule has 3 aromatic carbocycles. The van der Waals surface area contributed by atoms with Gasteiger partial charge >= 0.3 is 6.18 Å². The number of amides is 4. The SMILES string of the molecule is N#Cc1ccc(N2CCC(c3ccc(N4CCC(CN5CCN(c6ccc7c(c6)C(=O)N(C6CCC(=O)NC6=O)C7=O)CC5)CC4)cc3)CC2)c(F)c1C(F)(F)F. The summed E-state index contributed by atoms with van der Waals surface area (Å²) < 4.78 is 55.6. The third-order valence-corrected chi connectivity index (χ3v) is 12.4. The highest BCUT2D eigenvalue weighted by molar-refractivity contribution is 6.23. The van der Waals surface area contributed by atoms with E-state index in [9.17, 15) is 32.3 Å². The van der Waals surface area contributed by atoms with Gasteiger partial charge in [-0.15, -0.1) is 0 Å². The molecule has 4 saturated heterocycles. The number of benzene rings is 3. The number of fused-ring (bicyclic) bond motifs is 1. The third-order valence-electron chi connectivity index (χ3n) is 12.4. The van der Waals surface area contributed by atoms with Crippen LogP contribution in [0.5, 0.6) is 0 Å². The van der Waals surface area contributed by atoms with Crippen molar-refractivity contribution in [3.05, 3.63) is 88.2 Å². The van der Waals surface area contributed by atoms with Gasteiger partial charge in [-0.05, 0) is 92.0 Å². The molecular weight excluding hydrogens is 742 g/mol. The number of piperidine rings is 3. The van der Waals surface area contributed by atoms with Gasteiger partial charge in [0, 0.05) is 76.7 Å². The van der Waals surface area contributed by atoms with Crippen LogP contribution < -0.4 is 20.0 Å². The van der Waals surface area contributed by atoms with Gasteiger partial charge in [0.05, 0.1) is 28.4 Å². The lowest BCUT2D eigenvalue weighted by Gasteiger charge is -2.40. The Hall–Kier alpha value is -5.49. The number of hydrogen-bond donors (Lipinski definition) is 1. The monoisotopic (exact) mass is 785 g/mol. The van der Waals surface area contributed by atoms with Crippen LogP contribution in [-0.2, 0) is 15.8 Å². The summed E-state index contributed by atoms with van der Waals surface area (Å²) in [5.74, 6) is -2.62. The molecule has 3 aromatic rings. The summed E-state index contributed by atoms with van der Waals surface area (Å²) in [4.78, 5) is 60.2. The van der Waals surface area contributed by atoms with Crippen LogP contribution in [0.3, 0.4) is 0 Å². The molecule has 15 heteroatoms. The second-order valence-electron chi connectivity index (χ2n) is 15.7. The highest BCUT2D eigenvalue weighted by Crippen LogP contribution is 2.40. The molecule has 5 aliphatic rings. The van der Waals surface area contributed by atoms with Crippen LogP contribution in [0.15, 0.2) is 54.6 Å². The van der Waals surface area contributed by atoms with E-state index in [1.54, 1.807) is 17.0 Å². The summed E-state index contributed by atoms with van der Waals surface area (Å²) in [6.07, 6.45) is -1.24. The molecule has 5 heterocycles. The van der Waals surface area contributed by atoms with Crippen molar-refractivity contribution in [3.8, 4) is 6.07 Å². The Balaban J connectivity index is 0.789. The fourth-order valence-corrected chi connectivity index (χ4v) is 9.17. The Morgan fingerprint density at radius 3 is 2.00 bits per heavy atom. The summed E-state index contributed by atoms with van der Waals surface area (Å²) in [6, 6.07) is 16.6. The van der Waals surface area contributed by atoms with Crippen LogP contribution in [0.25, 0.3) is 0 Å². The Morgan fingerprint density at radius 1 is 0.719 bits per heavy atom. The van der Waals surface area contributed by atoms with E-state index in [1.165, 1.54) is 12.1 Å². The van der Waals surface area contributed by atoms with E-state index in [1.807, 2.05) is 6.07 Å². The van der Waals surface area contributed by atoms with Gasteiger partial charge in [0.25, 0.3) is 11.8 Å². The summed E-state index contributed by atoms with van der Waals surface area (Å²) >= 11 is 0. The molecule has 4 fully saturated rings. The van der Waals surface area contributed by atoms with Crippen LogP contribution >= 0.6 is 0 Å². The zero-order valence-corrected chi connectivity index (χ0v) is 31.4. The first kappa shape index (κ1) is 38.4. The second kappa shape index (κ2) is 15.5. The fraction of sp³-hybridized carbons (Fsp3) is 0.452. The van der Waals surface area contributed by atoms with Crippen molar-refractivity contribution in [2.75, 3.05) is 73.6 Å². The number of hydrogen-bond acceptors (Lipinski definition) is 9. The number of halogens is 4. The molecule has 1 N–H and O–H groups in total. The number of piperazine rings is 1. The van der Waals surface area contributed by atoms with E-state index < -0.39 is 52.8 Å². The van der Waals surface area contributed by atoms with Crippen molar-refractivity contribution in [2.24, 2.45) is 5.92 Å². The smallest absolute Gasteiger partial charge is 0.372 e. The molecule has 1 atom stereocenters. The highest BCUT2D eigenvalue weighted by Gasteiger charge is 2.45. The Bertz CT molecular complexity index is 2110. The molecular formula is C42H43F4N7O4. The number of nitrogens with zero attached hydrogens (tertiary/aromatic N) is 6. The number of nitriles is 1. The molecule has 0 spiro atoms. The van der Waals surface area contributed by atoms with Crippen molar-refractivity contribution < 1.29 is 36.7 Å². The molecule has 0 saturated carbocycles. The predicted molar refractivity (Wildman–Crippen MR) is 203 cm³/mol. The lowest BCUT2D eigenvalue weighted by Crippen LogP contribution is -2.54. The number of anilines is 3. The van der Waals surface area contributed by atoms with Gasteiger partial charge in [0.2, 0.25) is 11.8 Å². The van der Waals surface area contributed by atoms with Crippen LogP contribution in [-0.4, -0.2) is 98.4 Å². The van der Waals surface area contributed by atoms with Gasteiger partial charge in [0.15, 0.2) is 5.82 Å². The minimum atomic E-state index is -4.95. The second-order valence-corrected chi connectivity index (χ2v) is 15.7. The fourth-order valence-electron chi connectivity index (χ4n) is 9.17. The normalized spacial score (nSPS) is 21.6. The maximum atomic E-state index is 15.0. The molecule has 0 radical (unpaired) electrons. The first-order valence-electron chi connectivity index (χ1n) is 19.6. The number of carbonyl (C=O) groups is 4. The lowest BCUT2D eigenvalue weighted by molar-refractivity contribution is -0.140. The predicted octanol–water partition coefficient (Wildman–Crippen LogP) is 5.54. The molecule has 57 heavy (non-hydrogen) atoms. The number of imide groups is 2. The molecule has 298 valence electrons. The van der Waals surface area contributed by atoms with Gasteiger partial charge in [-0.2, -0.15) is 18.4 Å². The van der Waals surface area contributed by atoms with Gasteiger partial charge < -0.3 is 14.7 Å². The van der Waals surface area contributed by atoms with E-state index in [0.29, 0.717) is 37.4 Å². The van der Waals surface area contributed by atoms with Gasteiger partial charge in [0.1, 0.15) is 11.6 Å². The quantitative estimate of drug-likeness (QED) is 0.243. The Kier molecular flexibility index (Phi) is 10.4.